The molecule has 0 aliphatic carbocycles. The number of hydrogen-bond donors (Lipinski definition) is 3. The van der Waals surface area contributed by atoms with Gasteiger partial charge in [-0.15, -0.1) is 0 Å². The second kappa shape index (κ2) is 5.98. The highest BCUT2D eigenvalue weighted by atomic mass is 15.0. The van der Waals surface area contributed by atoms with Gasteiger partial charge >= 0.3 is 0 Å². The molecular weight excluding hydrogens is 224 g/mol. The van der Waals surface area contributed by atoms with E-state index in [9.17, 15) is 0 Å². The summed E-state index contributed by atoms with van der Waals surface area (Å²) in [5.41, 5.74) is 8.12. The average Bonchev–Trinajstić information content (AvgIpc) is 2.70. The summed E-state index contributed by atoms with van der Waals surface area (Å²) in [6, 6.07) is 8.28. The molecule has 4 heteroatoms. The highest BCUT2D eigenvalue weighted by Gasteiger charge is 2.06. The highest BCUT2D eigenvalue weighted by Crippen LogP contribution is 2.10. The number of imidazole rings is 1. The van der Waals surface area contributed by atoms with E-state index in [2.05, 4.69) is 29.1 Å². The molecule has 4 N–H and O–H groups in total. The van der Waals surface area contributed by atoms with E-state index in [1.807, 2.05) is 24.3 Å². The van der Waals surface area contributed by atoms with Crippen LogP contribution in [0.2, 0.25) is 0 Å². The molecule has 0 spiro atoms. The highest BCUT2D eigenvalue weighted by molar-refractivity contribution is 5.74. The minimum atomic E-state index is 0.217. The maximum atomic E-state index is 6.02. The Hall–Kier alpha value is -1.39. The van der Waals surface area contributed by atoms with E-state index in [0.29, 0.717) is 5.92 Å². The third-order valence-corrected chi connectivity index (χ3v) is 2.91. The maximum Gasteiger partial charge on any atom is 0.121 e. The Morgan fingerprint density at radius 1 is 1.33 bits per heavy atom. The Labute approximate surface area is 108 Å². The van der Waals surface area contributed by atoms with Gasteiger partial charge in [-0.1, -0.05) is 26.0 Å². The molecular formula is C14H22N4. The summed E-state index contributed by atoms with van der Waals surface area (Å²) in [7, 11) is 0. The number of nitrogens with two attached hydrogens (primary N) is 1. The first-order chi connectivity index (χ1) is 8.65. The standard InChI is InChI=1S/C14H22N4/c1-10(2)7-11(15)8-16-9-14-17-12-5-3-4-6-13(12)18-14/h3-6,10-11,16H,7-9,15H2,1-2H3,(H,17,18). The predicted octanol–water partition coefficient (Wildman–Crippen LogP) is 2.03. The van der Waals surface area contributed by atoms with Crippen molar-refractivity contribution in [3.63, 3.8) is 0 Å². The van der Waals surface area contributed by atoms with Gasteiger partial charge in [0.15, 0.2) is 0 Å². The number of benzene rings is 1. The molecule has 4 nitrogen and oxygen atoms in total. The molecule has 1 heterocycles. The molecule has 0 saturated carbocycles. The summed E-state index contributed by atoms with van der Waals surface area (Å²) in [5, 5.41) is 3.35. The molecule has 1 unspecified atom stereocenters. The second-order valence-corrected chi connectivity index (χ2v) is 5.22. The van der Waals surface area contributed by atoms with Gasteiger partial charge in [-0.3, -0.25) is 0 Å². The molecule has 2 rings (SSSR count). The summed E-state index contributed by atoms with van der Waals surface area (Å²) in [6.45, 7) is 5.95. The average molecular weight is 246 g/mol. The molecule has 18 heavy (non-hydrogen) atoms. The third-order valence-electron chi connectivity index (χ3n) is 2.91. The number of para-hydroxylation sites is 2. The van der Waals surface area contributed by atoms with Gasteiger partial charge in [-0.2, -0.15) is 0 Å². The molecule has 0 radical (unpaired) electrons. The van der Waals surface area contributed by atoms with Crippen LogP contribution in [0.1, 0.15) is 26.1 Å². The Balaban J connectivity index is 1.83. The zero-order valence-corrected chi connectivity index (χ0v) is 11.1. The monoisotopic (exact) mass is 246 g/mol. The lowest BCUT2D eigenvalue weighted by molar-refractivity contribution is 0.465. The Bertz CT molecular complexity index is 456. The Kier molecular flexibility index (Phi) is 4.33. The van der Waals surface area contributed by atoms with Gasteiger partial charge in [-0.25, -0.2) is 4.98 Å². The number of H-pyrrole nitrogens is 1. The normalized spacial score (nSPS) is 13.3. The van der Waals surface area contributed by atoms with Crippen molar-refractivity contribution in [2.45, 2.75) is 32.9 Å². The van der Waals surface area contributed by atoms with Gasteiger partial charge in [0.2, 0.25) is 0 Å². The molecule has 98 valence electrons. The van der Waals surface area contributed by atoms with Crippen molar-refractivity contribution in [3.8, 4) is 0 Å². The lowest BCUT2D eigenvalue weighted by Gasteiger charge is -2.14. The number of aromatic amines is 1. The Morgan fingerprint density at radius 3 is 2.83 bits per heavy atom. The lowest BCUT2D eigenvalue weighted by atomic mass is 10.0. The summed E-state index contributed by atoms with van der Waals surface area (Å²) >= 11 is 0. The van der Waals surface area contributed by atoms with Gasteiger partial charge in [0.25, 0.3) is 0 Å². The minimum Gasteiger partial charge on any atom is -0.341 e. The zero-order chi connectivity index (χ0) is 13.0. The molecule has 0 aliphatic heterocycles. The van der Waals surface area contributed by atoms with E-state index in [1.54, 1.807) is 0 Å². The third kappa shape index (κ3) is 3.55. The van der Waals surface area contributed by atoms with Crippen LogP contribution in [-0.2, 0) is 6.54 Å². The number of nitrogens with one attached hydrogen (secondary N) is 2. The van der Waals surface area contributed by atoms with E-state index in [1.165, 1.54) is 0 Å². The van der Waals surface area contributed by atoms with Crippen LogP contribution in [0.3, 0.4) is 0 Å². The molecule has 0 amide bonds. The molecule has 1 aromatic heterocycles. The van der Waals surface area contributed by atoms with Crippen LogP contribution >= 0.6 is 0 Å². The van der Waals surface area contributed by atoms with Gasteiger partial charge < -0.3 is 16.0 Å². The first-order valence-corrected chi connectivity index (χ1v) is 6.55. The van der Waals surface area contributed by atoms with Crippen molar-refractivity contribution in [2.75, 3.05) is 6.54 Å². The molecule has 0 saturated heterocycles. The summed E-state index contributed by atoms with van der Waals surface area (Å²) in [6.07, 6.45) is 1.05. The van der Waals surface area contributed by atoms with Crippen molar-refractivity contribution in [3.05, 3.63) is 30.1 Å². The molecule has 2 aromatic rings. The van der Waals surface area contributed by atoms with Crippen LogP contribution in [-0.4, -0.2) is 22.6 Å². The van der Waals surface area contributed by atoms with Crippen molar-refractivity contribution in [2.24, 2.45) is 11.7 Å². The van der Waals surface area contributed by atoms with Crippen molar-refractivity contribution in [1.29, 1.82) is 0 Å². The quantitative estimate of drug-likeness (QED) is 0.730. The summed E-state index contributed by atoms with van der Waals surface area (Å²) < 4.78 is 0. The fraction of sp³-hybridized carbons (Fsp3) is 0.500. The second-order valence-electron chi connectivity index (χ2n) is 5.22. The molecule has 0 aliphatic rings. The number of fused-ring (bicyclic) bond motifs is 1. The fourth-order valence-corrected chi connectivity index (χ4v) is 2.15. The van der Waals surface area contributed by atoms with Crippen molar-refractivity contribution < 1.29 is 0 Å². The van der Waals surface area contributed by atoms with Crippen LogP contribution in [0, 0.1) is 5.92 Å². The molecule has 1 atom stereocenters. The first kappa shape index (κ1) is 13.1. The number of hydrogen-bond acceptors (Lipinski definition) is 3. The Morgan fingerprint density at radius 2 is 2.11 bits per heavy atom. The van der Waals surface area contributed by atoms with E-state index in [4.69, 9.17) is 5.73 Å². The maximum absolute atomic E-state index is 6.02. The zero-order valence-electron chi connectivity index (χ0n) is 11.1. The molecule has 0 bridgehead atoms. The molecule has 0 fully saturated rings. The van der Waals surface area contributed by atoms with Crippen LogP contribution in [0.25, 0.3) is 11.0 Å². The van der Waals surface area contributed by atoms with E-state index >= 15 is 0 Å². The number of rotatable bonds is 6. The van der Waals surface area contributed by atoms with Gasteiger partial charge in [0.1, 0.15) is 5.82 Å². The predicted molar refractivity (Wildman–Crippen MR) is 75.2 cm³/mol. The van der Waals surface area contributed by atoms with Gasteiger partial charge in [-0.05, 0) is 24.5 Å². The van der Waals surface area contributed by atoms with Gasteiger partial charge in [0.05, 0.1) is 17.6 Å². The van der Waals surface area contributed by atoms with E-state index in [0.717, 1.165) is 36.4 Å². The van der Waals surface area contributed by atoms with Gasteiger partial charge in [0, 0.05) is 12.6 Å². The topological polar surface area (TPSA) is 66.7 Å². The minimum absolute atomic E-state index is 0.217. The largest absolute Gasteiger partial charge is 0.341 e. The van der Waals surface area contributed by atoms with Crippen molar-refractivity contribution in [1.82, 2.24) is 15.3 Å². The lowest BCUT2D eigenvalue weighted by Crippen LogP contribution is -2.34. The first-order valence-electron chi connectivity index (χ1n) is 6.55. The number of nitrogens with zero attached hydrogens (tertiary/aromatic N) is 1. The smallest absolute Gasteiger partial charge is 0.121 e. The van der Waals surface area contributed by atoms with Crippen LogP contribution < -0.4 is 11.1 Å². The SMILES string of the molecule is CC(C)CC(N)CNCc1nc2ccccc2[nH]1. The fourth-order valence-electron chi connectivity index (χ4n) is 2.15. The summed E-state index contributed by atoms with van der Waals surface area (Å²) in [4.78, 5) is 7.81. The van der Waals surface area contributed by atoms with Crippen LogP contribution in [0.4, 0.5) is 0 Å². The van der Waals surface area contributed by atoms with E-state index in [-0.39, 0.29) is 6.04 Å². The van der Waals surface area contributed by atoms with E-state index < -0.39 is 0 Å². The number of aromatic nitrogens is 2. The van der Waals surface area contributed by atoms with Crippen LogP contribution in [0.5, 0.6) is 0 Å². The van der Waals surface area contributed by atoms with Crippen LogP contribution in [0.15, 0.2) is 24.3 Å². The molecule has 1 aromatic carbocycles. The summed E-state index contributed by atoms with van der Waals surface area (Å²) in [5.74, 6) is 1.61. The van der Waals surface area contributed by atoms with Crippen molar-refractivity contribution >= 4 is 11.0 Å².